The van der Waals surface area contributed by atoms with Gasteiger partial charge in [-0.3, -0.25) is 14.5 Å². The van der Waals surface area contributed by atoms with Gasteiger partial charge in [-0.2, -0.15) is 0 Å². The highest BCUT2D eigenvalue weighted by Crippen LogP contribution is 2.25. The number of carbonyl (C=O) groups is 2. The summed E-state index contributed by atoms with van der Waals surface area (Å²) in [5.41, 5.74) is 0.502. The summed E-state index contributed by atoms with van der Waals surface area (Å²) in [6, 6.07) is 5.18. The van der Waals surface area contributed by atoms with E-state index in [-0.39, 0.29) is 24.9 Å². The molecule has 1 aromatic carbocycles. The zero-order chi connectivity index (χ0) is 15.4. The lowest BCUT2D eigenvalue weighted by Gasteiger charge is -2.16. The average molecular weight is 330 g/mol. The second-order valence-electron chi connectivity index (χ2n) is 5.19. The van der Waals surface area contributed by atoms with Crippen LogP contribution in [0.5, 0.6) is 0 Å². The fraction of sp³-hybridized carbons (Fsp3) is 0.429. The number of likely N-dealkylation sites (N-methyl/N-ethyl adjacent to an activating group) is 1. The van der Waals surface area contributed by atoms with Gasteiger partial charge in [0, 0.05) is 11.1 Å². The van der Waals surface area contributed by atoms with E-state index in [0.29, 0.717) is 21.8 Å². The molecule has 2 N–H and O–H groups in total. The Labute approximate surface area is 133 Å². The Morgan fingerprint density at radius 1 is 1.24 bits per heavy atom. The first-order valence-electron chi connectivity index (χ1n) is 6.67. The molecule has 0 aromatic heterocycles. The third-order valence-electron chi connectivity index (χ3n) is 2.97. The second-order valence-corrected chi connectivity index (χ2v) is 6.03. The van der Waals surface area contributed by atoms with E-state index in [9.17, 15) is 9.59 Å². The van der Waals surface area contributed by atoms with Crippen molar-refractivity contribution in [3.05, 3.63) is 28.2 Å². The van der Waals surface area contributed by atoms with Crippen molar-refractivity contribution in [2.24, 2.45) is 0 Å². The molecule has 2 amide bonds. The zero-order valence-corrected chi connectivity index (χ0v) is 13.2. The molecule has 7 heteroatoms. The van der Waals surface area contributed by atoms with Crippen molar-refractivity contribution < 1.29 is 9.59 Å². The molecular weight excluding hydrogens is 313 g/mol. The first-order chi connectivity index (χ1) is 9.94. The van der Waals surface area contributed by atoms with Gasteiger partial charge in [0.2, 0.25) is 11.8 Å². The van der Waals surface area contributed by atoms with E-state index in [2.05, 4.69) is 10.6 Å². The van der Waals surface area contributed by atoms with Crippen LogP contribution in [0.3, 0.4) is 0 Å². The minimum Gasteiger partial charge on any atom is -0.352 e. The topological polar surface area (TPSA) is 61.4 Å². The largest absolute Gasteiger partial charge is 0.352 e. The molecule has 1 saturated carbocycles. The van der Waals surface area contributed by atoms with Crippen LogP contribution >= 0.6 is 23.2 Å². The number of nitrogens with one attached hydrogen (secondary N) is 2. The summed E-state index contributed by atoms with van der Waals surface area (Å²) in [6.07, 6.45) is 2.09. The summed E-state index contributed by atoms with van der Waals surface area (Å²) in [6.45, 7) is 0.301. The van der Waals surface area contributed by atoms with Crippen LogP contribution in [0.4, 0.5) is 5.69 Å². The highest BCUT2D eigenvalue weighted by Gasteiger charge is 2.23. The maximum Gasteiger partial charge on any atom is 0.238 e. The van der Waals surface area contributed by atoms with Crippen LogP contribution in [0.2, 0.25) is 10.0 Å². The quantitative estimate of drug-likeness (QED) is 0.840. The number of anilines is 1. The van der Waals surface area contributed by atoms with E-state index in [0.717, 1.165) is 12.8 Å². The molecule has 0 atom stereocenters. The minimum atomic E-state index is -0.235. The van der Waals surface area contributed by atoms with Crippen LogP contribution in [-0.4, -0.2) is 42.9 Å². The summed E-state index contributed by atoms with van der Waals surface area (Å²) < 4.78 is 0. The number of benzene rings is 1. The number of carbonyl (C=O) groups excluding carboxylic acids is 2. The van der Waals surface area contributed by atoms with Crippen molar-refractivity contribution in [1.82, 2.24) is 10.2 Å². The van der Waals surface area contributed by atoms with Gasteiger partial charge in [0.1, 0.15) is 0 Å². The molecular formula is C14H17Cl2N3O2. The Balaban J connectivity index is 1.78. The van der Waals surface area contributed by atoms with Crippen LogP contribution in [0.1, 0.15) is 12.8 Å². The van der Waals surface area contributed by atoms with E-state index < -0.39 is 0 Å². The van der Waals surface area contributed by atoms with E-state index in [1.54, 1.807) is 30.1 Å². The molecule has 1 aromatic rings. The van der Waals surface area contributed by atoms with E-state index >= 15 is 0 Å². The molecule has 5 nitrogen and oxygen atoms in total. The third kappa shape index (κ3) is 5.53. The summed E-state index contributed by atoms with van der Waals surface area (Å²) in [7, 11) is 1.72. The first kappa shape index (κ1) is 16.1. The fourth-order valence-electron chi connectivity index (χ4n) is 1.83. The Kier molecular flexibility index (Phi) is 5.45. The van der Waals surface area contributed by atoms with Gasteiger partial charge in [-0.1, -0.05) is 23.2 Å². The molecule has 0 heterocycles. The minimum absolute atomic E-state index is 0.0580. The standard InChI is InChI=1S/C14H17Cl2N3O2/c1-19(7-13(20)17-10-3-4-10)8-14(21)18-12-5-2-9(15)6-11(12)16/h2,5-6,10H,3-4,7-8H2,1H3,(H,17,20)(H,18,21). The summed E-state index contributed by atoms with van der Waals surface area (Å²) in [4.78, 5) is 25.2. The van der Waals surface area contributed by atoms with Gasteiger partial charge < -0.3 is 10.6 Å². The average Bonchev–Trinajstić information content (AvgIpc) is 3.16. The van der Waals surface area contributed by atoms with Gasteiger partial charge in [0.25, 0.3) is 0 Å². The molecule has 0 unspecified atom stereocenters. The smallest absolute Gasteiger partial charge is 0.238 e. The number of nitrogens with zero attached hydrogens (tertiary/aromatic N) is 1. The van der Waals surface area contributed by atoms with Crippen molar-refractivity contribution in [1.29, 1.82) is 0 Å². The second kappa shape index (κ2) is 7.11. The maximum absolute atomic E-state index is 11.9. The maximum atomic E-state index is 11.9. The highest BCUT2D eigenvalue weighted by atomic mass is 35.5. The third-order valence-corrected chi connectivity index (χ3v) is 3.52. The number of amides is 2. The van der Waals surface area contributed by atoms with Crippen molar-refractivity contribution in [3.8, 4) is 0 Å². The Bertz CT molecular complexity index is 547. The molecule has 1 aliphatic carbocycles. The van der Waals surface area contributed by atoms with Crippen LogP contribution < -0.4 is 10.6 Å². The van der Waals surface area contributed by atoms with Gasteiger partial charge in [-0.15, -0.1) is 0 Å². The monoisotopic (exact) mass is 329 g/mol. The van der Waals surface area contributed by atoms with Crippen molar-refractivity contribution in [2.45, 2.75) is 18.9 Å². The Hall–Kier alpha value is -1.30. The highest BCUT2D eigenvalue weighted by molar-refractivity contribution is 6.36. The molecule has 1 fully saturated rings. The summed E-state index contributed by atoms with van der Waals surface area (Å²) in [5.74, 6) is -0.293. The van der Waals surface area contributed by atoms with Gasteiger partial charge in [-0.05, 0) is 38.1 Å². The Morgan fingerprint density at radius 2 is 1.90 bits per heavy atom. The predicted molar refractivity (Wildman–Crippen MR) is 83.8 cm³/mol. The van der Waals surface area contributed by atoms with Crippen LogP contribution in [0.15, 0.2) is 18.2 Å². The van der Waals surface area contributed by atoms with Crippen molar-refractivity contribution in [3.63, 3.8) is 0 Å². The van der Waals surface area contributed by atoms with Gasteiger partial charge in [-0.25, -0.2) is 0 Å². The SMILES string of the molecule is CN(CC(=O)Nc1ccc(Cl)cc1Cl)CC(=O)NC1CC1. The summed E-state index contributed by atoms with van der Waals surface area (Å²) in [5, 5.41) is 6.45. The van der Waals surface area contributed by atoms with Gasteiger partial charge in [0.15, 0.2) is 0 Å². The van der Waals surface area contributed by atoms with Crippen molar-refractivity contribution >= 4 is 40.7 Å². The predicted octanol–water partition coefficient (Wildman–Crippen LogP) is 2.14. The summed E-state index contributed by atoms with van der Waals surface area (Å²) >= 11 is 11.8. The van der Waals surface area contributed by atoms with Gasteiger partial charge >= 0.3 is 0 Å². The van der Waals surface area contributed by atoms with Crippen LogP contribution in [-0.2, 0) is 9.59 Å². The molecule has 114 valence electrons. The van der Waals surface area contributed by atoms with Gasteiger partial charge in [0.05, 0.1) is 23.8 Å². The molecule has 0 radical (unpaired) electrons. The van der Waals surface area contributed by atoms with Crippen molar-refractivity contribution in [2.75, 3.05) is 25.5 Å². The number of halogens is 2. The van der Waals surface area contributed by atoms with E-state index in [4.69, 9.17) is 23.2 Å². The molecule has 1 aliphatic rings. The van der Waals surface area contributed by atoms with Crippen LogP contribution in [0, 0.1) is 0 Å². The lowest BCUT2D eigenvalue weighted by molar-refractivity contribution is -0.123. The molecule has 2 rings (SSSR count). The number of hydrogen-bond acceptors (Lipinski definition) is 3. The molecule has 0 spiro atoms. The molecule has 0 bridgehead atoms. The first-order valence-corrected chi connectivity index (χ1v) is 7.42. The Morgan fingerprint density at radius 3 is 2.52 bits per heavy atom. The molecule has 0 aliphatic heterocycles. The number of hydrogen-bond donors (Lipinski definition) is 2. The fourth-order valence-corrected chi connectivity index (χ4v) is 2.28. The lowest BCUT2D eigenvalue weighted by atomic mass is 10.3. The molecule has 0 saturated heterocycles. The number of rotatable bonds is 6. The zero-order valence-electron chi connectivity index (χ0n) is 11.7. The normalized spacial score (nSPS) is 14.1. The van der Waals surface area contributed by atoms with Crippen LogP contribution in [0.25, 0.3) is 0 Å². The van der Waals surface area contributed by atoms with E-state index in [1.807, 2.05) is 0 Å². The van der Waals surface area contributed by atoms with E-state index in [1.165, 1.54) is 0 Å². The lowest BCUT2D eigenvalue weighted by Crippen LogP contribution is -2.39. The molecule has 21 heavy (non-hydrogen) atoms.